The second-order valence-corrected chi connectivity index (χ2v) is 6.26. The van der Waals surface area contributed by atoms with Crippen LogP contribution in [0.5, 0.6) is 5.75 Å². The number of ether oxygens (including phenoxy) is 1. The lowest BCUT2D eigenvalue weighted by Gasteiger charge is -2.23. The Labute approximate surface area is 133 Å². The molecule has 0 bridgehead atoms. The van der Waals surface area contributed by atoms with Crippen LogP contribution >= 0.6 is 0 Å². The third-order valence-corrected chi connectivity index (χ3v) is 4.53. The molecule has 4 nitrogen and oxygen atoms in total. The second kappa shape index (κ2) is 8.18. The molecule has 1 amide bonds. The van der Waals surface area contributed by atoms with Crippen molar-refractivity contribution < 1.29 is 9.53 Å². The Bertz CT molecular complexity index is 484. The first kappa shape index (κ1) is 16.8. The normalized spacial score (nSPS) is 16.5. The van der Waals surface area contributed by atoms with Crippen LogP contribution in [0.3, 0.4) is 0 Å². The van der Waals surface area contributed by atoms with E-state index in [0.717, 1.165) is 30.6 Å². The van der Waals surface area contributed by atoms with Gasteiger partial charge in [0.2, 0.25) is 5.91 Å². The monoisotopic (exact) mass is 304 g/mol. The van der Waals surface area contributed by atoms with E-state index in [1.807, 2.05) is 26.1 Å². The zero-order valence-corrected chi connectivity index (χ0v) is 13.8. The van der Waals surface area contributed by atoms with Gasteiger partial charge in [0, 0.05) is 26.1 Å². The predicted molar refractivity (Wildman–Crippen MR) is 88.9 cm³/mol. The molecule has 1 aliphatic carbocycles. The zero-order chi connectivity index (χ0) is 15.9. The van der Waals surface area contributed by atoms with Gasteiger partial charge in [0.25, 0.3) is 0 Å². The summed E-state index contributed by atoms with van der Waals surface area (Å²) < 4.78 is 6.01. The molecule has 1 atom stereocenters. The molecule has 2 rings (SSSR count). The van der Waals surface area contributed by atoms with Crippen LogP contribution in [0, 0.1) is 0 Å². The van der Waals surface area contributed by atoms with Gasteiger partial charge in [-0.25, -0.2) is 0 Å². The largest absolute Gasteiger partial charge is 0.490 e. The van der Waals surface area contributed by atoms with Crippen molar-refractivity contribution in [3.63, 3.8) is 0 Å². The van der Waals surface area contributed by atoms with Gasteiger partial charge < -0.3 is 15.4 Å². The minimum atomic E-state index is 0.0875. The van der Waals surface area contributed by atoms with Crippen LogP contribution in [0.15, 0.2) is 24.3 Å². The van der Waals surface area contributed by atoms with Crippen molar-refractivity contribution in [2.45, 2.75) is 57.6 Å². The van der Waals surface area contributed by atoms with Gasteiger partial charge in [-0.2, -0.15) is 0 Å². The van der Waals surface area contributed by atoms with Crippen LogP contribution in [0.25, 0.3) is 0 Å². The Morgan fingerprint density at radius 2 is 2.14 bits per heavy atom. The number of aryl methyl sites for hydroxylation is 1. The third-order valence-electron chi connectivity index (χ3n) is 4.53. The first-order valence-corrected chi connectivity index (χ1v) is 8.31. The molecule has 0 aliphatic heterocycles. The van der Waals surface area contributed by atoms with E-state index in [1.54, 1.807) is 4.90 Å². The number of carbonyl (C=O) groups excluding carboxylic acids is 1. The Balaban J connectivity index is 1.86. The lowest BCUT2D eigenvalue weighted by molar-refractivity contribution is -0.131. The first-order valence-electron chi connectivity index (χ1n) is 8.31. The average molecular weight is 304 g/mol. The lowest BCUT2D eigenvalue weighted by atomic mass is 10.1. The molecule has 0 aromatic heterocycles. The molecule has 22 heavy (non-hydrogen) atoms. The molecule has 0 spiro atoms. The van der Waals surface area contributed by atoms with Gasteiger partial charge in [-0.1, -0.05) is 12.1 Å². The fourth-order valence-electron chi connectivity index (χ4n) is 2.80. The first-order chi connectivity index (χ1) is 10.6. The summed E-state index contributed by atoms with van der Waals surface area (Å²) in [6, 6.07) is 8.23. The number of hydrogen-bond acceptors (Lipinski definition) is 3. The topological polar surface area (TPSA) is 55.6 Å². The summed E-state index contributed by atoms with van der Waals surface area (Å²) in [5.74, 6) is 1.07. The lowest BCUT2D eigenvalue weighted by Crippen LogP contribution is -2.39. The van der Waals surface area contributed by atoms with E-state index in [2.05, 4.69) is 12.1 Å². The number of rotatable bonds is 7. The molecule has 1 aromatic rings. The third kappa shape index (κ3) is 4.73. The van der Waals surface area contributed by atoms with Gasteiger partial charge in [0.05, 0.1) is 6.10 Å². The number of nitrogens with two attached hydrogens (primary N) is 1. The summed E-state index contributed by atoms with van der Waals surface area (Å²) in [5, 5.41) is 0. The molecule has 1 aliphatic rings. The smallest absolute Gasteiger partial charge is 0.222 e. The molecule has 122 valence electrons. The van der Waals surface area contributed by atoms with Crippen molar-refractivity contribution in [1.82, 2.24) is 4.90 Å². The van der Waals surface area contributed by atoms with Gasteiger partial charge in [-0.3, -0.25) is 4.79 Å². The SMILES string of the molecule is CC(CN)N(C)C(=O)CCc1cccc(OC2CCCC2)c1. The highest BCUT2D eigenvalue weighted by Gasteiger charge is 2.17. The van der Waals surface area contributed by atoms with E-state index < -0.39 is 0 Å². The molecule has 0 radical (unpaired) electrons. The summed E-state index contributed by atoms with van der Waals surface area (Å²) in [4.78, 5) is 13.9. The summed E-state index contributed by atoms with van der Waals surface area (Å²) in [6.07, 6.45) is 6.47. The predicted octanol–water partition coefficient (Wildman–Crippen LogP) is 2.75. The molecular formula is C18H28N2O2. The molecule has 2 N–H and O–H groups in total. The molecular weight excluding hydrogens is 276 g/mol. The summed E-state index contributed by atoms with van der Waals surface area (Å²) >= 11 is 0. The van der Waals surface area contributed by atoms with Gasteiger partial charge in [0.1, 0.15) is 5.75 Å². The van der Waals surface area contributed by atoms with Crippen molar-refractivity contribution in [2.24, 2.45) is 5.73 Å². The average Bonchev–Trinajstić information content (AvgIpc) is 3.04. The van der Waals surface area contributed by atoms with E-state index in [0.29, 0.717) is 19.1 Å². The van der Waals surface area contributed by atoms with Crippen molar-refractivity contribution in [3.8, 4) is 5.75 Å². The van der Waals surface area contributed by atoms with Crippen LogP contribution in [-0.2, 0) is 11.2 Å². The van der Waals surface area contributed by atoms with E-state index in [9.17, 15) is 4.79 Å². The minimum absolute atomic E-state index is 0.0875. The van der Waals surface area contributed by atoms with E-state index >= 15 is 0 Å². The molecule has 0 heterocycles. The Morgan fingerprint density at radius 3 is 2.82 bits per heavy atom. The fraction of sp³-hybridized carbons (Fsp3) is 0.611. The van der Waals surface area contributed by atoms with E-state index in [-0.39, 0.29) is 11.9 Å². The van der Waals surface area contributed by atoms with Gasteiger partial charge in [-0.05, 0) is 56.7 Å². The highest BCUT2D eigenvalue weighted by molar-refractivity contribution is 5.76. The highest BCUT2D eigenvalue weighted by atomic mass is 16.5. The maximum atomic E-state index is 12.1. The number of carbonyl (C=O) groups is 1. The fourth-order valence-corrected chi connectivity index (χ4v) is 2.80. The van der Waals surface area contributed by atoms with Crippen LogP contribution in [0.1, 0.15) is 44.6 Å². The number of hydrogen-bond donors (Lipinski definition) is 1. The van der Waals surface area contributed by atoms with Crippen molar-refractivity contribution in [2.75, 3.05) is 13.6 Å². The number of nitrogens with zero attached hydrogens (tertiary/aromatic N) is 1. The molecule has 1 saturated carbocycles. The Kier molecular flexibility index (Phi) is 6.25. The second-order valence-electron chi connectivity index (χ2n) is 6.26. The maximum Gasteiger partial charge on any atom is 0.222 e. The van der Waals surface area contributed by atoms with Gasteiger partial charge >= 0.3 is 0 Å². The van der Waals surface area contributed by atoms with Crippen LogP contribution in [0.4, 0.5) is 0 Å². The van der Waals surface area contributed by atoms with Crippen molar-refractivity contribution in [3.05, 3.63) is 29.8 Å². The molecule has 1 fully saturated rings. The van der Waals surface area contributed by atoms with Crippen LogP contribution < -0.4 is 10.5 Å². The quantitative estimate of drug-likeness (QED) is 0.842. The van der Waals surface area contributed by atoms with E-state index in [4.69, 9.17) is 10.5 Å². The molecule has 4 heteroatoms. The van der Waals surface area contributed by atoms with Gasteiger partial charge in [0.15, 0.2) is 0 Å². The van der Waals surface area contributed by atoms with Crippen molar-refractivity contribution >= 4 is 5.91 Å². The highest BCUT2D eigenvalue weighted by Crippen LogP contribution is 2.24. The number of likely N-dealkylation sites (N-methyl/N-ethyl adjacent to an activating group) is 1. The van der Waals surface area contributed by atoms with Crippen LogP contribution in [-0.4, -0.2) is 36.5 Å². The van der Waals surface area contributed by atoms with E-state index in [1.165, 1.54) is 12.8 Å². The summed E-state index contributed by atoms with van der Waals surface area (Å²) in [5.41, 5.74) is 6.76. The van der Waals surface area contributed by atoms with Crippen molar-refractivity contribution in [1.29, 1.82) is 0 Å². The van der Waals surface area contributed by atoms with Crippen LogP contribution in [0.2, 0.25) is 0 Å². The maximum absolute atomic E-state index is 12.1. The molecule has 1 aromatic carbocycles. The number of amides is 1. The Morgan fingerprint density at radius 1 is 1.41 bits per heavy atom. The summed E-state index contributed by atoms with van der Waals surface area (Å²) in [6.45, 7) is 2.46. The van der Waals surface area contributed by atoms with Gasteiger partial charge in [-0.15, -0.1) is 0 Å². The number of benzene rings is 1. The molecule has 0 saturated heterocycles. The Hall–Kier alpha value is -1.55. The zero-order valence-electron chi connectivity index (χ0n) is 13.8. The standard InChI is InChI=1S/C18H28N2O2/c1-14(13-19)20(2)18(21)11-10-15-6-5-9-17(12-15)22-16-7-3-4-8-16/h5-6,9,12,14,16H,3-4,7-8,10-11,13,19H2,1-2H3. The minimum Gasteiger partial charge on any atom is -0.490 e. The summed E-state index contributed by atoms with van der Waals surface area (Å²) in [7, 11) is 1.82. The molecule has 1 unspecified atom stereocenters.